The van der Waals surface area contributed by atoms with Crippen LogP contribution in [-0.2, 0) is 0 Å². The van der Waals surface area contributed by atoms with Crippen molar-refractivity contribution >= 4 is 43.9 Å². The third-order valence-corrected chi connectivity index (χ3v) is 5.62. The standard InChI is InChI=1S/C20H11NO2S/c22-18-13-10-9-11-5-1-2-6-12(11)16(13)19(23)17(18)20-21-14-7-3-4-8-15(14)24-20/h1-10,17H/t17-/m0/s1. The number of thiazole rings is 1. The monoisotopic (exact) mass is 329 g/mol. The van der Waals surface area contributed by atoms with E-state index in [1.165, 1.54) is 11.3 Å². The first-order chi connectivity index (χ1) is 11.7. The molecule has 0 saturated carbocycles. The summed E-state index contributed by atoms with van der Waals surface area (Å²) in [4.78, 5) is 30.5. The number of para-hydroxylation sites is 1. The highest BCUT2D eigenvalue weighted by atomic mass is 32.1. The first-order valence-electron chi connectivity index (χ1n) is 7.70. The summed E-state index contributed by atoms with van der Waals surface area (Å²) in [6.45, 7) is 0. The van der Waals surface area contributed by atoms with Crippen molar-refractivity contribution in [3.63, 3.8) is 0 Å². The van der Waals surface area contributed by atoms with Gasteiger partial charge in [0.15, 0.2) is 11.6 Å². The number of aromatic nitrogens is 1. The number of hydrogen-bond acceptors (Lipinski definition) is 4. The number of nitrogens with zero attached hydrogens (tertiary/aromatic N) is 1. The minimum Gasteiger partial charge on any atom is -0.293 e. The fourth-order valence-electron chi connectivity index (χ4n) is 3.40. The summed E-state index contributed by atoms with van der Waals surface area (Å²) >= 11 is 1.43. The summed E-state index contributed by atoms with van der Waals surface area (Å²) in [6.07, 6.45) is 0. The molecule has 1 aliphatic carbocycles. The van der Waals surface area contributed by atoms with Gasteiger partial charge in [0.1, 0.15) is 10.9 Å². The summed E-state index contributed by atoms with van der Waals surface area (Å²) < 4.78 is 0.994. The topological polar surface area (TPSA) is 47.0 Å². The third-order valence-electron chi connectivity index (χ3n) is 4.52. The van der Waals surface area contributed by atoms with Crippen LogP contribution in [0.15, 0.2) is 60.7 Å². The molecule has 0 unspecified atom stereocenters. The SMILES string of the molecule is O=C1c2ccc3ccccc3c2C(=O)[C@H]1c1nc2ccccc2s1. The maximum atomic E-state index is 13.0. The van der Waals surface area contributed by atoms with Crippen molar-refractivity contribution in [3.8, 4) is 0 Å². The Hall–Kier alpha value is -2.85. The van der Waals surface area contributed by atoms with Crippen LogP contribution < -0.4 is 0 Å². The van der Waals surface area contributed by atoms with Crippen molar-refractivity contribution in [2.45, 2.75) is 5.92 Å². The molecule has 1 atom stereocenters. The van der Waals surface area contributed by atoms with E-state index < -0.39 is 5.92 Å². The molecule has 1 aliphatic rings. The van der Waals surface area contributed by atoms with Crippen LogP contribution in [0.2, 0.25) is 0 Å². The van der Waals surface area contributed by atoms with Gasteiger partial charge in [0, 0.05) is 11.1 Å². The smallest absolute Gasteiger partial charge is 0.181 e. The first-order valence-corrected chi connectivity index (χ1v) is 8.51. The summed E-state index contributed by atoms with van der Waals surface area (Å²) in [5.41, 5.74) is 1.89. The van der Waals surface area contributed by atoms with Crippen molar-refractivity contribution in [1.82, 2.24) is 4.98 Å². The van der Waals surface area contributed by atoms with Gasteiger partial charge in [0.25, 0.3) is 0 Å². The van der Waals surface area contributed by atoms with Crippen LogP contribution in [0.3, 0.4) is 0 Å². The molecular weight excluding hydrogens is 318 g/mol. The predicted octanol–water partition coefficient (Wildman–Crippen LogP) is 4.61. The largest absolute Gasteiger partial charge is 0.293 e. The number of benzene rings is 3. The number of Topliss-reactive ketones (excluding diaryl/α,β-unsaturated/α-hetero) is 2. The molecule has 4 heteroatoms. The van der Waals surface area contributed by atoms with E-state index in [1.807, 2.05) is 54.6 Å². The maximum Gasteiger partial charge on any atom is 0.181 e. The summed E-state index contributed by atoms with van der Waals surface area (Å²) in [6, 6.07) is 19.1. The quantitative estimate of drug-likeness (QED) is 0.479. The van der Waals surface area contributed by atoms with Crippen LogP contribution >= 0.6 is 11.3 Å². The molecule has 5 rings (SSSR count). The normalized spacial score (nSPS) is 16.9. The van der Waals surface area contributed by atoms with Gasteiger partial charge >= 0.3 is 0 Å². The zero-order valence-electron chi connectivity index (χ0n) is 12.5. The molecule has 1 aromatic heterocycles. The first kappa shape index (κ1) is 13.6. The van der Waals surface area contributed by atoms with E-state index in [4.69, 9.17) is 0 Å². The molecule has 0 N–H and O–H groups in total. The van der Waals surface area contributed by atoms with Gasteiger partial charge in [0.2, 0.25) is 0 Å². The summed E-state index contributed by atoms with van der Waals surface area (Å²) in [5.74, 6) is -1.08. The van der Waals surface area contributed by atoms with Crippen molar-refractivity contribution < 1.29 is 9.59 Å². The Morgan fingerprint density at radius 2 is 1.62 bits per heavy atom. The van der Waals surface area contributed by atoms with Crippen LogP contribution in [0.25, 0.3) is 21.0 Å². The Morgan fingerprint density at radius 3 is 2.50 bits per heavy atom. The predicted molar refractivity (Wildman–Crippen MR) is 95.0 cm³/mol. The fourth-order valence-corrected chi connectivity index (χ4v) is 4.47. The van der Waals surface area contributed by atoms with Gasteiger partial charge in [-0.25, -0.2) is 4.98 Å². The van der Waals surface area contributed by atoms with E-state index in [-0.39, 0.29) is 11.6 Å². The van der Waals surface area contributed by atoms with Gasteiger partial charge in [-0.05, 0) is 29.0 Å². The number of hydrogen-bond donors (Lipinski definition) is 0. The minimum atomic E-state index is -0.803. The van der Waals surface area contributed by atoms with E-state index in [9.17, 15) is 9.59 Å². The van der Waals surface area contributed by atoms with Gasteiger partial charge in [-0.1, -0.05) is 42.5 Å². The lowest BCUT2D eigenvalue weighted by Gasteiger charge is -2.03. The highest BCUT2D eigenvalue weighted by Crippen LogP contribution is 2.40. The Kier molecular flexibility index (Phi) is 2.73. The van der Waals surface area contributed by atoms with E-state index >= 15 is 0 Å². The number of ketones is 2. The van der Waals surface area contributed by atoms with Crippen LogP contribution in [0, 0.1) is 0 Å². The molecular formula is C20H11NO2S. The second kappa shape index (κ2) is 4.82. The van der Waals surface area contributed by atoms with Crippen molar-refractivity contribution in [2.75, 3.05) is 0 Å². The lowest BCUT2D eigenvalue weighted by Crippen LogP contribution is -2.12. The molecule has 24 heavy (non-hydrogen) atoms. The molecule has 0 amide bonds. The van der Waals surface area contributed by atoms with E-state index in [0.29, 0.717) is 16.1 Å². The molecule has 0 fully saturated rings. The van der Waals surface area contributed by atoms with E-state index in [1.54, 1.807) is 6.07 Å². The third kappa shape index (κ3) is 1.74. The Labute approximate surface area is 141 Å². The average molecular weight is 329 g/mol. The molecule has 0 spiro atoms. The van der Waals surface area contributed by atoms with E-state index in [2.05, 4.69) is 4.98 Å². The molecule has 114 valence electrons. The number of carbonyl (C=O) groups is 2. The Bertz CT molecular complexity index is 1130. The second-order valence-corrected chi connectivity index (χ2v) is 6.95. The molecule has 0 radical (unpaired) electrons. The highest BCUT2D eigenvalue weighted by molar-refractivity contribution is 7.18. The lowest BCUT2D eigenvalue weighted by atomic mass is 10.00. The van der Waals surface area contributed by atoms with Crippen LogP contribution in [-0.4, -0.2) is 16.6 Å². The Balaban J connectivity index is 1.73. The summed E-state index contributed by atoms with van der Waals surface area (Å²) in [5, 5.41) is 2.41. The van der Waals surface area contributed by atoms with Crippen molar-refractivity contribution in [2.24, 2.45) is 0 Å². The Morgan fingerprint density at radius 1 is 0.833 bits per heavy atom. The summed E-state index contributed by atoms with van der Waals surface area (Å²) in [7, 11) is 0. The average Bonchev–Trinajstić information content (AvgIpc) is 3.14. The maximum absolute atomic E-state index is 13.0. The second-order valence-electron chi connectivity index (χ2n) is 5.89. The molecule has 0 saturated heterocycles. The van der Waals surface area contributed by atoms with E-state index in [0.717, 1.165) is 21.0 Å². The highest BCUT2D eigenvalue weighted by Gasteiger charge is 2.42. The van der Waals surface area contributed by atoms with Gasteiger partial charge < -0.3 is 0 Å². The van der Waals surface area contributed by atoms with Gasteiger partial charge in [-0.15, -0.1) is 11.3 Å². The number of rotatable bonds is 1. The van der Waals surface area contributed by atoms with Crippen LogP contribution in [0.4, 0.5) is 0 Å². The zero-order chi connectivity index (χ0) is 16.3. The van der Waals surface area contributed by atoms with Gasteiger partial charge in [-0.2, -0.15) is 0 Å². The molecule has 0 aliphatic heterocycles. The molecule has 4 aromatic rings. The number of fused-ring (bicyclic) bond motifs is 4. The molecule has 3 aromatic carbocycles. The fraction of sp³-hybridized carbons (Fsp3) is 0.0500. The molecule has 1 heterocycles. The van der Waals surface area contributed by atoms with Crippen LogP contribution in [0.1, 0.15) is 31.6 Å². The lowest BCUT2D eigenvalue weighted by molar-refractivity contribution is 0.0890. The van der Waals surface area contributed by atoms with Gasteiger partial charge in [-0.3, -0.25) is 9.59 Å². The van der Waals surface area contributed by atoms with Crippen molar-refractivity contribution in [1.29, 1.82) is 0 Å². The van der Waals surface area contributed by atoms with Gasteiger partial charge in [0.05, 0.1) is 10.2 Å². The zero-order valence-corrected chi connectivity index (χ0v) is 13.3. The molecule has 0 bridgehead atoms. The van der Waals surface area contributed by atoms with Crippen molar-refractivity contribution in [3.05, 3.63) is 76.8 Å². The number of carbonyl (C=O) groups excluding carboxylic acids is 2. The minimum absolute atomic E-state index is 0.133. The van der Waals surface area contributed by atoms with Crippen LogP contribution in [0.5, 0.6) is 0 Å². The molecule has 3 nitrogen and oxygen atoms in total.